The molecule has 2 aromatic rings. The van der Waals surface area contributed by atoms with E-state index >= 15 is 0 Å². The molecule has 8 heteroatoms. The van der Waals surface area contributed by atoms with E-state index in [4.69, 9.17) is 9.90 Å². The third-order valence-corrected chi connectivity index (χ3v) is 4.06. The van der Waals surface area contributed by atoms with E-state index in [1.54, 1.807) is 0 Å². The van der Waals surface area contributed by atoms with Gasteiger partial charge in [-0.05, 0) is 35.2 Å². The van der Waals surface area contributed by atoms with Gasteiger partial charge in [0.25, 0.3) is 0 Å². The van der Waals surface area contributed by atoms with Gasteiger partial charge in [0.2, 0.25) is 0 Å². The molecule has 3 rings (SSSR count). The van der Waals surface area contributed by atoms with Crippen molar-refractivity contribution >= 4 is 5.97 Å². The molecule has 0 saturated carbocycles. The summed E-state index contributed by atoms with van der Waals surface area (Å²) in [5.41, 5.74) is 3.38. The summed E-state index contributed by atoms with van der Waals surface area (Å²) < 4.78 is 44.8. The van der Waals surface area contributed by atoms with Crippen molar-refractivity contribution in [1.29, 1.82) is 0 Å². The molecule has 0 spiro atoms. The number of nitrogens with zero attached hydrogens (tertiary/aromatic N) is 1. The largest absolute Gasteiger partial charge is 0.490 e. The molecule has 1 saturated heterocycles. The van der Waals surface area contributed by atoms with E-state index in [9.17, 15) is 22.7 Å². The maximum Gasteiger partial charge on any atom is 0.490 e. The molecule has 0 aliphatic carbocycles. The number of aliphatic carboxylic acids is 1. The number of β-amino-alcohol motifs (C(OH)–C–C–N with tert-alkyl or cyclic N) is 1. The topological polar surface area (TPSA) is 60.8 Å². The van der Waals surface area contributed by atoms with E-state index in [0.29, 0.717) is 0 Å². The lowest BCUT2D eigenvalue weighted by molar-refractivity contribution is -0.192. The molecule has 27 heavy (non-hydrogen) atoms. The number of hydrogen-bond acceptors (Lipinski definition) is 3. The van der Waals surface area contributed by atoms with Crippen LogP contribution in [0.15, 0.2) is 48.5 Å². The Morgan fingerprint density at radius 2 is 1.70 bits per heavy atom. The molecule has 1 fully saturated rings. The molecule has 0 aromatic heterocycles. The van der Waals surface area contributed by atoms with Gasteiger partial charge in [-0.1, -0.05) is 36.4 Å². The smallest absolute Gasteiger partial charge is 0.475 e. The standard InChI is InChI=1S/C17H18FNO.C2HF3O2/c18-15-7-5-13(6-8-15)17-4-2-1-3-14(17)11-19-10-9-16(20)12-19;3-2(4,5)1(6)7/h1-8,16,20H,9-12H2;(H,6,7)/t16-;/m0./s1. The van der Waals surface area contributed by atoms with Crippen molar-refractivity contribution < 1.29 is 32.6 Å². The lowest BCUT2D eigenvalue weighted by Crippen LogP contribution is -2.21. The predicted molar refractivity (Wildman–Crippen MR) is 91.4 cm³/mol. The van der Waals surface area contributed by atoms with E-state index in [-0.39, 0.29) is 11.9 Å². The highest BCUT2D eigenvalue weighted by Gasteiger charge is 2.38. The molecule has 2 N–H and O–H groups in total. The van der Waals surface area contributed by atoms with Crippen molar-refractivity contribution in [2.45, 2.75) is 25.2 Å². The number of aliphatic hydroxyl groups excluding tert-OH is 1. The number of likely N-dealkylation sites (tertiary alicyclic amines) is 1. The molecule has 0 amide bonds. The zero-order valence-electron chi connectivity index (χ0n) is 14.3. The van der Waals surface area contributed by atoms with Crippen LogP contribution in [-0.2, 0) is 11.3 Å². The Labute approximate surface area is 153 Å². The number of halogens is 4. The highest BCUT2D eigenvalue weighted by Crippen LogP contribution is 2.26. The molecule has 1 atom stereocenters. The molecule has 1 aliphatic heterocycles. The predicted octanol–water partition coefficient (Wildman–Crippen LogP) is 3.69. The summed E-state index contributed by atoms with van der Waals surface area (Å²) in [4.78, 5) is 11.2. The van der Waals surface area contributed by atoms with Crippen molar-refractivity contribution in [3.05, 3.63) is 59.9 Å². The van der Waals surface area contributed by atoms with Crippen LogP contribution in [0.1, 0.15) is 12.0 Å². The summed E-state index contributed by atoms with van der Waals surface area (Å²) in [6.45, 7) is 2.49. The van der Waals surface area contributed by atoms with Gasteiger partial charge in [0, 0.05) is 19.6 Å². The number of carboxylic acids is 1. The molecule has 146 valence electrons. The van der Waals surface area contributed by atoms with Gasteiger partial charge in [0.05, 0.1) is 6.10 Å². The van der Waals surface area contributed by atoms with Crippen LogP contribution in [0.5, 0.6) is 0 Å². The van der Waals surface area contributed by atoms with Gasteiger partial charge in [-0.15, -0.1) is 0 Å². The Hall–Kier alpha value is -2.45. The maximum absolute atomic E-state index is 13.0. The number of carboxylic acid groups (broad SMARTS) is 1. The SMILES string of the molecule is O=C(O)C(F)(F)F.O[C@H]1CCN(Cc2ccccc2-c2ccc(F)cc2)C1. The number of carbonyl (C=O) groups is 1. The van der Waals surface area contributed by atoms with Crippen LogP contribution < -0.4 is 0 Å². The first kappa shape index (κ1) is 20.9. The zero-order valence-corrected chi connectivity index (χ0v) is 14.3. The summed E-state index contributed by atoms with van der Waals surface area (Å²) in [5, 5.41) is 16.7. The van der Waals surface area contributed by atoms with E-state index in [0.717, 1.165) is 37.2 Å². The fourth-order valence-corrected chi connectivity index (χ4v) is 2.77. The summed E-state index contributed by atoms with van der Waals surface area (Å²) in [5.74, 6) is -2.97. The third-order valence-electron chi connectivity index (χ3n) is 4.06. The zero-order chi connectivity index (χ0) is 20.0. The van der Waals surface area contributed by atoms with E-state index in [1.165, 1.54) is 17.7 Å². The average molecular weight is 385 g/mol. The second-order valence-electron chi connectivity index (χ2n) is 6.14. The molecule has 0 unspecified atom stereocenters. The molecular formula is C19H19F4NO3. The molecule has 0 bridgehead atoms. The van der Waals surface area contributed by atoms with E-state index in [2.05, 4.69) is 17.0 Å². The molecule has 1 heterocycles. The lowest BCUT2D eigenvalue weighted by Gasteiger charge is -2.17. The van der Waals surface area contributed by atoms with Crippen LogP contribution in [0.3, 0.4) is 0 Å². The van der Waals surface area contributed by atoms with Crippen LogP contribution in [-0.4, -0.2) is 46.5 Å². The quantitative estimate of drug-likeness (QED) is 0.792. The van der Waals surface area contributed by atoms with Gasteiger partial charge in [0.15, 0.2) is 0 Å². The Bertz CT molecular complexity index is 762. The van der Waals surface area contributed by atoms with Crippen LogP contribution in [0.25, 0.3) is 11.1 Å². The van der Waals surface area contributed by atoms with Gasteiger partial charge in [-0.3, -0.25) is 4.90 Å². The monoisotopic (exact) mass is 385 g/mol. The maximum atomic E-state index is 13.0. The minimum Gasteiger partial charge on any atom is -0.475 e. The van der Waals surface area contributed by atoms with Crippen molar-refractivity contribution in [2.75, 3.05) is 13.1 Å². The summed E-state index contributed by atoms with van der Waals surface area (Å²) >= 11 is 0. The molecule has 2 aromatic carbocycles. The van der Waals surface area contributed by atoms with Gasteiger partial charge in [-0.25, -0.2) is 9.18 Å². The fourth-order valence-electron chi connectivity index (χ4n) is 2.77. The Balaban J connectivity index is 0.000000321. The minimum atomic E-state index is -5.08. The van der Waals surface area contributed by atoms with Crippen LogP contribution >= 0.6 is 0 Å². The van der Waals surface area contributed by atoms with Crippen molar-refractivity contribution in [1.82, 2.24) is 4.90 Å². The molecule has 1 aliphatic rings. The summed E-state index contributed by atoms with van der Waals surface area (Å²) in [6, 6.07) is 14.8. The van der Waals surface area contributed by atoms with Gasteiger partial charge < -0.3 is 10.2 Å². The molecular weight excluding hydrogens is 366 g/mol. The molecule has 0 radical (unpaired) electrons. The van der Waals surface area contributed by atoms with Crippen LogP contribution in [0.4, 0.5) is 17.6 Å². The minimum absolute atomic E-state index is 0.201. The lowest BCUT2D eigenvalue weighted by atomic mass is 9.99. The van der Waals surface area contributed by atoms with E-state index < -0.39 is 12.1 Å². The number of benzene rings is 2. The van der Waals surface area contributed by atoms with Crippen LogP contribution in [0, 0.1) is 5.82 Å². The van der Waals surface area contributed by atoms with Crippen molar-refractivity contribution in [3.63, 3.8) is 0 Å². The first-order valence-electron chi connectivity index (χ1n) is 8.21. The first-order chi connectivity index (χ1) is 12.7. The average Bonchev–Trinajstić information content (AvgIpc) is 3.01. The van der Waals surface area contributed by atoms with Gasteiger partial charge in [0.1, 0.15) is 5.82 Å². The summed E-state index contributed by atoms with van der Waals surface area (Å²) in [7, 11) is 0. The summed E-state index contributed by atoms with van der Waals surface area (Å²) in [6.07, 6.45) is -4.44. The van der Waals surface area contributed by atoms with Gasteiger partial charge in [-0.2, -0.15) is 13.2 Å². The number of hydrogen-bond donors (Lipinski definition) is 2. The third kappa shape index (κ3) is 6.33. The molecule has 4 nitrogen and oxygen atoms in total. The van der Waals surface area contributed by atoms with Crippen molar-refractivity contribution in [2.24, 2.45) is 0 Å². The number of rotatable bonds is 3. The fraction of sp³-hybridized carbons (Fsp3) is 0.316. The highest BCUT2D eigenvalue weighted by molar-refractivity contribution is 5.73. The second-order valence-corrected chi connectivity index (χ2v) is 6.14. The van der Waals surface area contributed by atoms with Gasteiger partial charge >= 0.3 is 12.1 Å². The number of alkyl halides is 3. The number of aliphatic hydroxyl groups is 1. The Morgan fingerprint density at radius 1 is 1.11 bits per heavy atom. The first-order valence-corrected chi connectivity index (χ1v) is 8.21. The Morgan fingerprint density at radius 3 is 2.22 bits per heavy atom. The van der Waals surface area contributed by atoms with Crippen LogP contribution in [0.2, 0.25) is 0 Å². The second kappa shape index (κ2) is 8.96. The highest BCUT2D eigenvalue weighted by atomic mass is 19.4. The normalized spacial score (nSPS) is 17.3. The Kier molecular flexibility index (Phi) is 6.92. The van der Waals surface area contributed by atoms with E-state index in [1.807, 2.05) is 24.3 Å². The van der Waals surface area contributed by atoms with Crippen molar-refractivity contribution in [3.8, 4) is 11.1 Å².